The summed E-state index contributed by atoms with van der Waals surface area (Å²) in [5, 5.41) is 2.08. The van der Waals surface area contributed by atoms with E-state index in [1.165, 1.54) is 22.6 Å². The molecule has 8 heteroatoms. The van der Waals surface area contributed by atoms with Gasteiger partial charge in [-0.3, -0.25) is 4.79 Å². The van der Waals surface area contributed by atoms with E-state index in [0.29, 0.717) is 49.9 Å². The summed E-state index contributed by atoms with van der Waals surface area (Å²) < 4.78 is 24.8. The molecule has 5 rings (SSSR count). The maximum atomic E-state index is 13.4. The maximum Gasteiger partial charge on any atom is 0.298 e. The third kappa shape index (κ3) is 3.08. The lowest BCUT2D eigenvalue weighted by Crippen LogP contribution is -2.52. The number of anilines is 1. The zero-order chi connectivity index (χ0) is 18.4. The third-order valence-corrected chi connectivity index (χ3v) is 6.09. The summed E-state index contributed by atoms with van der Waals surface area (Å²) in [6.07, 6.45) is 0.344. The predicted molar refractivity (Wildman–Crippen MR) is 99.4 cm³/mol. The van der Waals surface area contributed by atoms with E-state index in [1.807, 2.05) is 9.80 Å². The van der Waals surface area contributed by atoms with E-state index in [4.69, 9.17) is 9.15 Å². The van der Waals surface area contributed by atoms with Gasteiger partial charge < -0.3 is 19.0 Å². The Balaban J connectivity index is 1.32. The summed E-state index contributed by atoms with van der Waals surface area (Å²) in [6, 6.07) is 6.75. The molecule has 0 spiro atoms. The minimum atomic E-state index is -0.550. The number of thiophene rings is 1. The van der Waals surface area contributed by atoms with Gasteiger partial charge >= 0.3 is 0 Å². The van der Waals surface area contributed by atoms with Crippen molar-refractivity contribution in [2.24, 2.45) is 0 Å². The highest BCUT2D eigenvalue weighted by atomic mass is 32.1. The Morgan fingerprint density at radius 3 is 3.15 bits per heavy atom. The molecule has 1 unspecified atom stereocenters. The molecule has 27 heavy (non-hydrogen) atoms. The highest BCUT2D eigenvalue weighted by molar-refractivity contribution is 7.10. The molecule has 140 valence electrons. The van der Waals surface area contributed by atoms with E-state index in [1.54, 1.807) is 17.4 Å². The van der Waals surface area contributed by atoms with E-state index in [2.05, 4.69) is 16.4 Å². The third-order valence-electron chi connectivity index (χ3n) is 5.07. The molecule has 2 aromatic heterocycles. The molecule has 0 bridgehead atoms. The molecule has 1 amide bonds. The van der Waals surface area contributed by atoms with E-state index < -0.39 is 6.10 Å². The van der Waals surface area contributed by atoms with Crippen LogP contribution in [0, 0.1) is 5.82 Å². The van der Waals surface area contributed by atoms with Crippen molar-refractivity contribution in [3.63, 3.8) is 0 Å². The fourth-order valence-corrected chi connectivity index (χ4v) is 4.52. The number of carbonyl (C=O) groups excluding carboxylic acids is 1. The predicted octanol–water partition coefficient (Wildman–Crippen LogP) is 2.82. The Morgan fingerprint density at radius 1 is 1.30 bits per heavy atom. The Labute approximate surface area is 159 Å². The summed E-state index contributed by atoms with van der Waals surface area (Å²) in [5.41, 5.74) is 2.23. The van der Waals surface area contributed by atoms with Crippen LogP contribution in [0.25, 0.3) is 11.1 Å². The van der Waals surface area contributed by atoms with Gasteiger partial charge in [0, 0.05) is 30.6 Å². The number of rotatable bonds is 2. The molecule has 4 heterocycles. The van der Waals surface area contributed by atoms with E-state index in [9.17, 15) is 9.18 Å². The molecule has 1 atom stereocenters. The molecule has 2 aliphatic rings. The quantitative estimate of drug-likeness (QED) is 0.677. The lowest BCUT2D eigenvalue weighted by molar-refractivity contribution is -0.145. The highest BCUT2D eigenvalue weighted by Gasteiger charge is 2.33. The number of benzene rings is 1. The molecule has 2 aliphatic heterocycles. The van der Waals surface area contributed by atoms with Crippen molar-refractivity contribution in [1.29, 1.82) is 0 Å². The number of oxazole rings is 1. The van der Waals surface area contributed by atoms with E-state index in [0.717, 1.165) is 6.42 Å². The van der Waals surface area contributed by atoms with Gasteiger partial charge in [-0.25, -0.2) is 4.39 Å². The van der Waals surface area contributed by atoms with Crippen LogP contribution < -0.4 is 4.90 Å². The van der Waals surface area contributed by atoms with Crippen LogP contribution in [0.2, 0.25) is 0 Å². The van der Waals surface area contributed by atoms with Crippen LogP contribution in [-0.4, -0.2) is 48.1 Å². The molecule has 0 saturated carbocycles. The van der Waals surface area contributed by atoms with Crippen molar-refractivity contribution in [2.75, 3.05) is 31.1 Å². The molecule has 1 aromatic carbocycles. The number of halogens is 1. The van der Waals surface area contributed by atoms with Gasteiger partial charge in [0.15, 0.2) is 11.7 Å². The minimum absolute atomic E-state index is 0.00120. The van der Waals surface area contributed by atoms with Crippen LogP contribution in [0.1, 0.15) is 10.4 Å². The second-order valence-corrected chi connectivity index (χ2v) is 7.79. The summed E-state index contributed by atoms with van der Waals surface area (Å²) in [7, 11) is 0. The minimum Gasteiger partial charge on any atom is -0.423 e. The number of nitrogens with zero attached hydrogens (tertiary/aromatic N) is 3. The Kier molecular flexibility index (Phi) is 4.09. The lowest BCUT2D eigenvalue weighted by atomic mass is 10.1. The molecule has 1 saturated heterocycles. The average molecular weight is 387 g/mol. The fraction of sp³-hybridized carbons (Fsp3) is 0.368. The van der Waals surface area contributed by atoms with Gasteiger partial charge in [-0.2, -0.15) is 4.98 Å². The highest BCUT2D eigenvalue weighted by Crippen LogP contribution is 2.27. The van der Waals surface area contributed by atoms with Gasteiger partial charge in [-0.05, 0) is 35.6 Å². The van der Waals surface area contributed by atoms with E-state index in [-0.39, 0.29) is 11.7 Å². The van der Waals surface area contributed by atoms with Gasteiger partial charge in [0.1, 0.15) is 11.3 Å². The van der Waals surface area contributed by atoms with Gasteiger partial charge in [-0.1, -0.05) is 0 Å². The first-order valence-electron chi connectivity index (χ1n) is 8.94. The molecule has 3 aromatic rings. The van der Waals surface area contributed by atoms with Crippen molar-refractivity contribution in [1.82, 2.24) is 9.88 Å². The molecule has 0 aliphatic carbocycles. The number of hydrogen-bond donors (Lipinski definition) is 0. The number of aromatic nitrogens is 1. The first-order valence-corrected chi connectivity index (χ1v) is 9.82. The number of morpholine rings is 1. The van der Waals surface area contributed by atoms with Crippen LogP contribution in [-0.2, 0) is 22.5 Å². The van der Waals surface area contributed by atoms with E-state index >= 15 is 0 Å². The van der Waals surface area contributed by atoms with Crippen molar-refractivity contribution in [3.8, 4) is 0 Å². The first kappa shape index (κ1) is 16.7. The van der Waals surface area contributed by atoms with Gasteiger partial charge in [0.05, 0.1) is 13.2 Å². The maximum absolute atomic E-state index is 13.4. The Hall–Kier alpha value is -2.45. The molecule has 6 nitrogen and oxygen atoms in total. The Bertz CT molecular complexity index is 1000. The zero-order valence-corrected chi connectivity index (χ0v) is 15.4. The molecular weight excluding hydrogens is 369 g/mol. The summed E-state index contributed by atoms with van der Waals surface area (Å²) in [4.78, 5) is 22.5. The number of amides is 1. The second-order valence-electron chi connectivity index (χ2n) is 6.79. The lowest BCUT2D eigenvalue weighted by Gasteiger charge is -2.35. The summed E-state index contributed by atoms with van der Waals surface area (Å²) in [5.74, 6) is -0.364. The van der Waals surface area contributed by atoms with Crippen molar-refractivity contribution < 1.29 is 18.3 Å². The zero-order valence-electron chi connectivity index (χ0n) is 14.6. The molecular formula is C19H18FN3O3S. The molecule has 0 radical (unpaired) electrons. The average Bonchev–Trinajstić information content (AvgIpc) is 3.33. The fourth-order valence-electron chi connectivity index (χ4n) is 3.63. The van der Waals surface area contributed by atoms with Crippen molar-refractivity contribution in [3.05, 3.63) is 45.9 Å². The summed E-state index contributed by atoms with van der Waals surface area (Å²) in [6.45, 7) is 2.73. The monoisotopic (exact) mass is 387 g/mol. The second kappa shape index (κ2) is 6.61. The van der Waals surface area contributed by atoms with Crippen LogP contribution in [0.15, 0.2) is 34.1 Å². The van der Waals surface area contributed by atoms with Crippen LogP contribution in [0.5, 0.6) is 0 Å². The van der Waals surface area contributed by atoms with Crippen LogP contribution >= 0.6 is 11.3 Å². The molecule has 0 N–H and O–H groups in total. The molecule has 1 fully saturated rings. The van der Waals surface area contributed by atoms with Crippen LogP contribution in [0.3, 0.4) is 0 Å². The van der Waals surface area contributed by atoms with Crippen molar-refractivity contribution >= 4 is 34.4 Å². The number of carbonyl (C=O) groups is 1. The van der Waals surface area contributed by atoms with Gasteiger partial charge in [0.2, 0.25) is 0 Å². The topological polar surface area (TPSA) is 58.8 Å². The van der Waals surface area contributed by atoms with Gasteiger partial charge in [0.25, 0.3) is 11.9 Å². The van der Waals surface area contributed by atoms with Crippen molar-refractivity contribution in [2.45, 2.75) is 19.1 Å². The Morgan fingerprint density at radius 2 is 2.22 bits per heavy atom. The first-order chi connectivity index (χ1) is 13.2. The standard InChI is InChI=1S/C19H18FN3O3S/c20-13-1-2-14-15(9-13)26-19(21-14)23-6-7-25-16(11-23)18(24)22-5-3-17-12(10-22)4-8-27-17/h1-2,4,8-9,16H,3,5-7,10-11H2. The van der Waals surface area contributed by atoms with Crippen LogP contribution in [0.4, 0.5) is 10.4 Å². The SMILES string of the molecule is O=C(C1CN(c2nc3ccc(F)cc3o2)CCO1)N1CCc2sccc2C1. The normalized spacial score (nSPS) is 20.1. The number of ether oxygens (including phenoxy) is 1. The number of fused-ring (bicyclic) bond motifs is 2. The smallest absolute Gasteiger partial charge is 0.298 e. The van der Waals surface area contributed by atoms with Gasteiger partial charge in [-0.15, -0.1) is 11.3 Å². The summed E-state index contributed by atoms with van der Waals surface area (Å²) >= 11 is 1.75. The number of hydrogen-bond acceptors (Lipinski definition) is 6. The largest absolute Gasteiger partial charge is 0.423 e.